The van der Waals surface area contributed by atoms with Gasteiger partial charge >= 0.3 is 0 Å². The van der Waals surface area contributed by atoms with Crippen molar-refractivity contribution >= 4 is 15.7 Å². The van der Waals surface area contributed by atoms with Crippen LogP contribution in [-0.2, 0) is 16.6 Å². The standard InChI is InChI=1S/C14H23N3O2S/c1-2-10-20(18,19)16-13-6-7-14(15-11-13)12-17-8-4-3-5-9-17/h6-7,11,16H,2-5,8-10,12H2,1H3. The van der Waals surface area contributed by atoms with Gasteiger partial charge in [-0.15, -0.1) is 0 Å². The van der Waals surface area contributed by atoms with Crippen LogP contribution in [0, 0.1) is 0 Å². The van der Waals surface area contributed by atoms with Gasteiger partial charge in [0.2, 0.25) is 10.0 Å². The van der Waals surface area contributed by atoms with Crippen molar-refractivity contribution in [1.82, 2.24) is 9.88 Å². The number of rotatable bonds is 6. The van der Waals surface area contributed by atoms with E-state index in [2.05, 4.69) is 14.6 Å². The Hall–Kier alpha value is -1.14. The molecule has 1 saturated heterocycles. The molecule has 5 nitrogen and oxygen atoms in total. The molecule has 112 valence electrons. The molecular formula is C14H23N3O2S. The van der Waals surface area contributed by atoms with Gasteiger partial charge in [-0.2, -0.15) is 0 Å². The van der Waals surface area contributed by atoms with Gasteiger partial charge < -0.3 is 0 Å². The summed E-state index contributed by atoms with van der Waals surface area (Å²) in [7, 11) is -3.23. The van der Waals surface area contributed by atoms with Gasteiger partial charge in [0.1, 0.15) is 0 Å². The molecule has 0 unspecified atom stereocenters. The largest absolute Gasteiger partial charge is 0.298 e. The Kier molecular flexibility index (Phi) is 5.37. The van der Waals surface area contributed by atoms with E-state index in [0.717, 1.165) is 25.3 Å². The monoisotopic (exact) mass is 297 g/mol. The van der Waals surface area contributed by atoms with Gasteiger partial charge in [0.15, 0.2) is 0 Å². The first-order valence-electron chi connectivity index (χ1n) is 7.27. The van der Waals surface area contributed by atoms with E-state index < -0.39 is 10.0 Å². The molecule has 0 bridgehead atoms. The third kappa shape index (κ3) is 4.76. The molecule has 0 amide bonds. The van der Waals surface area contributed by atoms with Crippen molar-refractivity contribution < 1.29 is 8.42 Å². The maximum atomic E-state index is 11.7. The molecule has 1 N–H and O–H groups in total. The number of hydrogen-bond donors (Lipinski definition) is 1. The lowest BCUT2D eigenvalue weighted by atomic mass is 10.1. The number of nitrogens with zero attached hydrogens (tertiary/aromatic N) is 2. The quantitative estimate of drug-likeness (QED) is 0.874. The molecule has 1 aliphatic heterocycles. The molecular weight excluding hydrogens is 274 g/mol. The van der Waals surface area contributed by atoms with Crippen molar-refractivity contribution in [3.63, 3.8) is 0 Å². The summed E-state index contributed by atoms with van der Waals surface area (Å²) in [5, 5.41) is 0. The molecule has 0 spiro atoms. The first kappa shape index (κ1) is 15.3. The molecule has 1 aromatic heterocycles. The summed E-state index contributed by atoms with van der Waals surface area (Å²) in [6.07, 6.45) is 6.05. The van der Waals surface area contributed by atoms with Crippen molar-refractivity contribution in [2.24, 2.45) is 0 Å². The number of likely N-dealkylation sites (tertiary alicyclic amines) is 1. The summed E-state index contributed by atoms with van der Waals surface area (Å²) in [6, 6.07) is 3.69. The van der Waals surface area contributed by atoms with E-state index >= 15 is 0 Å². The second-order valence-corrected chi connectivity index (χ2v) is 7.14. The van der Waals surface area contributed by atoms with Gasteiger partial charge in [-0.3, -0.25) is 14.6 Å². The Morgan fingerprint density at radius 3 is 2.60 bits per heavy atom. The Morgan fingerprint density at radius 1 is 1.25 bits per heavy atom. The fraction of sp³-hybridized carbons (Fsp3) is 0.643. The Morgan fingerprint density at radius 2 is 2.00 bits per heavy atom. The van der Waals surface area contributed by atoms with Gasteiger partial charge in [0.25, 0.3) is 0 Å². The smallest absolute Gasteiger partial charge is 0.232 e. The van der Waals surface area contributed by atoms with Crippen molar-refractivity contribution in [3.05, 3.63) is 24.0 Å². The lowest BCUT2D eigenvalue weighted by molar-refractivity contribution is 0.218. The summed E-state index contributed by atoms with van der Waals surface area (Å²) < 4.78 is 25.9. The zero-order chi connectivity index (χ0) is 14.4. The first-order valence-corrected chi connectivity index (χ1v) is 8.92. The predicted molar refractivity (Wildman–Crippen MR) is 81.1 cm³/mol. The lowest BCUT2D eigenvalue weighted by Gasteiger charge is -2.25. The Labute approximate surface area is 121 Å². The van der Waals surface area contributed by atoms with Gasteiger partial charge in [-0.1, -0.05) is 13.3 Å². The number of nitrogens with one attached hydrogen (secondary N) is 1. The SMILES string of the molecule is CCCS(=O)(=O)Nc1ccc(CN2CCCCC2)nc1. The van der Waals surface area contributed by atoms with Crippen LogP contribution < -0.4 is 4.72 Å². The van der Waals surface area contributed by atoms with Crippen molar-refractivity contribution in [2.45, 2.75) is 39.2 Å². The molecule has 0 saturated carbocycles. The average molecular weight is 297 g/mol. The maximum absolute atomic E-state index is 11.7. The topological polar surface area (TPSA) is 62.3 Å². The highest BCUT2D eigenvalue weighted by Crippen LogP contribution is 2.14. The number of sulfonamides is 1. The molecule has 0 radical (unpaired) electrons. The minimum absolute atomic E-state index is 0.141. The third-order valence-corrected chi connectivity index (χ3v) is 4.90. The van der Waals surface area contributed by atoms with Gasteiger partial charge in [0.05, 0.1) is 23.3 Å². The number of hydrogen-bond acceptors (Lipinski definition) is 4. The molecule has 2 rings (SSSR count). The molecule has 0 atom stereocenters. The summed E-state index contributed by atoms with van der Waals surface area (Å²) >= 11 is 0. The van der Waals surface area contributed by atoms with E-state index in [4.69, 9.17) is 0 Å². The van der Waals surface area contributed by atoms with E-state index in [-0.39, 0.29) is 5.75 Å². The van der Waals surface area contributed by atoms with E-state index in [9.17, 15) is 8.42 Å². The van der Waals surface area contributed by atoms with Crippen LogP contribution in [-0.4, -0.2) is 37.1 Å². The molecule has 1 aromatic rings. The van der Waals surface area contributed by atoms with E-state index in [0.29, 0.717) is 12.1 Å². The molecule has 2 heterocycles. The summed E-state index contributed by atoms with van der Waals surface area (Å²) in [5.41, 5.74) is 1.53. The fourth-order valence-corrected chi connectivity index (χ4v) is 3.54. The normalized spacial score (nSPS) is 17.1. The van der Waals surface area contributed by atoms with Crippen molar-refractivity contribution in [2.75, 3.05) is 23.6 Å². The number of aromatic nitrogens is 1. The van der Waals surface area contributed by atoms with Crippen LogP contribution in [0.1, 0.15) is 38.3 Å². The number of piperidine rings is 1. The van der Waals surface area contributed by atoms with Crippen LogP contribution >= 0.6 is 0 Å². The second kappa shape index (κ2) is 7.04. The summed E-state index contributed by atoms with van der Waals surface area (Å²) in [5.74, 6) is 0.141. The van der Waals surface area contributed by atoms with Gasteiger partial charge in [-0.25, -0.2) is 8.42 Å². The number of anilines is 1. The van der Waals surface area contributed by atoms with Crippen LogP contribution in [0.2, 0.25) is 0 Å². The zero-order valence-electron chi connectivity index (χ0n) is 12.0. The lowest BCUT2D eigenvalue weighted by Crippen LogP contribution is -2.29. The van der Waals surface area contributed by atoms with E-state index in [1.54, 1.807) is 12.3 Å². The maximum Gasteiger partial charge on any atom is 0.232 e. The fourth-order valence-electron chi connectivity index (χ4n) is 2.42. The minimum atomic E-state index is -3.23. The Balaban J connectivity index is 1.92. The number of pyridine rings is 1. The molecule has 1 fully saturated rings. The van der Waals surface area contributed by atoms with Gasteiger partial charge in [0, 0.05) is 6.54 Å². The molecule has 0 aromatic carbocycles. The van der Waals surface area contributed by atoms with Crippen molar-refractivity contribution in [1.29, 1.82) is 0 Å². The zero-order valence-corrected chi connectivity index (χ0v) is 12.8. The van der Waals surface area contributed by atoms with E-state index in [1.807, 2.05) is 13.0 Å². The van der Waals surface area contributed by atoms with Crippen LogP contribution in [0.3, 0.4) is 0 Å². The second-order valence-electron chi connectivity index (χ2n) is 5.30. The minimum Gasteiger partial charge on any atom is -0.298 e. The predicted octanol–water partition coefficient (Wildman–Crippen LogP) is 2.22. The highest BCUT2D eigenvalue weighted by Gasteiger charge is 2.12. The highest BCUT2D eigenvalue weighted by atomic mass is 32.2. The van der Waals surface area contributed by atoms with E-state index in [1.165, 1.54) is 19.3 Å². The molecule has 1 aliphatic rings. The van der Waals surface area contributed by atoms with Gasteiger partial charge in [-0.05, 0) is 44.5 Å². The summed E-state index contributed by atoms with van der Waals surface area (Å²) in [4.78, 5) is 6.74. The Bertz CT molecular complexity index is 508. The average Bonchev–Trinajstić information content (AvgIpc) is 2.42. The highest BCUT2D eigenvalue weighted by molar-refractivity contribution is 7.92. The van der Waals surface area contributed by atoms with Crippen LogP contribution in [0.4, 0.5) is 5.69 Å². The van der Waals surface area contributed by atoms with Crippen molar-refractivity contribution in [3.8, 4) is 0 Å². The first-order chi connectivity index (χ1) is 9.59. The van der Waals surface area contributed by atoms with Crippen LogP contribution in [0.15, 0.2) is 18.3 Å². The summed E-state index contributed by atoms with van der Waals surface area (Å²) in [6.45, 7) is 4.96. The molecule has 20 heavy (non-hydrogen) atoms. The molecule has 0 aliphatic carbocycles. The third-order valence-electron chi connectivity index (χ3n) is 3.41. The van der Waals surface area contributed by atoms with Crippen LogP contribution in [0.5, 0.6) is 0 Å². The van der Waals surface area contributed by atoms with Crippen LogP contribution in [0.25, 0.3) is 0 Å². The molecule has 6 heteroatoms.